The number of benzene rings is 1. The molecule has 5 nitrogen and oxygen atoms in total. The van der Waals surface area contributed by atoms with Crippen molar-refractivity contribution in [3.05, 3.63) is 65.5 Å². The molecular weight excluding hydrogens is 362 g/mol. The molecule has 2 saturated heterocycles. The minimum absolute atomic E-state index is 0.0325. The summed E-state index contributed by atoms with van der Waals surface area (Å²) in [7, 11) is 0. The summed E-state index contributed by atoms with van der Waals surface area (Å²) < 4.78 is 0. The first kappa shape index (κ1) is 19.6. The van der Waals surface area contributed by atoms with Crippen LogP contribution in [0.15, 0.2) is 48.7 Å². The third-order valence-electron chi connectivity index (χ3n) is 6.59. The maximum absolute atomic E-state index is 13.3. The summed E-state index contributed by atoms with van der Waals surface area (Å²) >= 11 is 0. The molecule has 2 amide bonds. The first-order valence-corrected chi connectivity index (χ1v) is 10.6. The molecule has 1 aromatic carbocycles. The van der Waals surface area contributed by atoms with E-state index >= 15 is 0 Å². The zero-order valence-corrected chi connectivity index (χ0v) is 17.3. The summed E-state index contributed by atoms with van der Waals surface area (Å²) in [5.41, 5.74) is 2.53. The Bertz CT molecular complexity index is 881. The zero-order valence-electron chi connectivity index (χ0n) is 17.3. The van der Waals surface area contributed by atoms with Gasteiger partial charge in [-0.05, 0) is 50.3 Å². The van der Waals surface area contributed by atoms with Gasteiger partial charge in [-0.3, -0.25) is 14.6 Å². The van der Waals surface area contributed by atoms with E-state index < -0.39 is 0 Å². The largest absolute Gasteiger partial charge is 0.335 e. The van der Waals surface area contributed by atoms with E-state index in [1.54, 1.807) is 13.1 Å². The molecule has 0 N–H and O–H groups in total. The Labute approximate surface area is 172 Å². The van der Waals surface area contributed by atoms with Gasteiger partial charge in [0.25, 0.3) is 5.91 Å². The van der Waals surface area contributed by atoms with Gasteiger partial charge in [0.1, 0.15) is 0 Å². The molecule has 0 spiro atoms. The van der Waals surface area contributed by atoms with Crippen LogP contribution >= 0.6 is 0 Å². The van der Waals surface area contributed by atoms with Gasteiger partial charge < -0.3 is 9.80 Å². The second-order valence-electron chi connectivity index (χ2n) is 8.49. The van der Waals surface area contributed by atoms with E-state index in [2.05, 4.69) is 24.0 Å². The molecule has 2 aromatic rings. The number of pyridine rings is 1. The second-order valence-corrected chi connectivity index (χ2v) is 8.49. The van der Waals surface area contributed by atoms with Crippen LogP contribution in [0, 0.1) is 0 Å². The number of carbonyl (C=O) groups is 2. The van der Waals surface area contributed by atoms with Crippen LogP contribution in [0.1, 0.15) is 61.1 Å². The van der Waals surface area contributed by atoms with Crippen LogP contribution in [0.3, 0.4) is 0 Å². The van der Waals surface area contributed by atoms with E-state index in [1.807, 2.05) is 40.1 Å². The van der Waals surface area contributed by atoms with Crippen molar-refractivity contribution in [1.82, 2.24) is 14.8 Å². The Morgan fingerprint density at radius 1 is 1.10 bits per heavy atom. The summed E-state index contributed by atoms with van der Waals surface area (Å²) in [5, 5.41) is 0. The van der Waals surface area contributed by atoms with Crippen LogP contribution in [0.4, 0.5) is 0 Å². The number of aromatic nitrogens is 1. The fraction of sp³-hybridized carbons (Fsp3) is 0.458. The van der Waals surface area contributed by atoms with Crippen LogP contribution in [0.5, 0.6) is 0 Å². The highest BCUT2D eigenvalue weighted by molar-refractivity contribution is 5.94. The summed E-state index contributed by atoms with van der Waals surface area (Å²) in [4.78, 5) is 34.1. The number of nitrogens with zero attached hydrogens (tertiary/aromatic N) is 3. The number of hydrogen-bond acceptors (Lipinski definition) is 3. The van der Waals surface area contributed by atoms with Crippen molar-refractivity contribution in [1.29, 1.82) is 0 Å². The van der Waals surface area contributed by atoms with Crippen molar-refractivity contribution < 1.29 is 9.59 Å². The van der Waals surface area contributed by atoms with Crippen LogP contribution in [0.2, 0.25) is 0 Å². The van der Waals surface area contributed by atoms with Gasteiger partial charge in [0.2, 0.25) is 5.91 Å². The van der Waals surface area contributed by atoms with Gasteiger partial charge in [-0.25, -0.2) is 0 Å². The summed E-state index contributed by atoms with van der Waals surface area (Å²) in [6, 6.07) is 14.1. The first-order valence-electron chi connectivity index (χ1n) is 10.6. The van der Waals surface area contributed by atoms with Crippen LogP contribution < -0.4 is 0 Å². The van der Waals surface area contributed by atoms with E-state index in [9.17, 15) is 9.59 Å². The average Bonchev–Trinajstić information content (AvgIpc) is 2.73. The number of hydrogen-bond donors (Lipinski definition) is 0. The molecule has 2 aliphatic heterocycles. The minimum Gasteiger partial charge on any atom is -0.335 e. The normalized spacial score (nSPS) is 24.1. The lowest BCUT2D eigenvalue weighted by Crippen LogP contribution is -2.67. The molecule has 152 valence electrons. The molecule has 2 atom stereocenters. The zero-order chi connectivity index (χ0) is 20.4. The molecule has 0 unspecified atom stereocenters. The van der Waals surface area contributed by atoms with Crippen molar-refractivity contribution >= 4 is 11.8 Å². The molecule has 5 heteroatoms. The van der Waals surface area contributed by atoms with Crippen LogP contribution in [-0.4, -0.2) is 51.3 Å². The molecule has 4 rings (SSSR count). The number of likely N-dealkylation sites (tertiary alicyclic amines) is 2. The lowest BCUT2D eigenvalue weighted by molar-refractivity contribution is -0.143. The van der Waals surface area contributed by atoms with E-state index in [1.165, 1.54) is 5.56 Å². The van der Waals surface area contributed by atoms with Crippen LogP contribution in [0.25, 0.3) is 0 Å². The third kappa shape index (κ3) is 3.78. The Morgan fingerprint density at radius 3 is 2.59 bits per heavy atom. The van der Waals surface area contributed by atoms with Gasteiger partial charge in [-0.1, -0.05) is 30.3 Å². The standard InChI is InChI=1S/C24H29N3O2/c1-18(28)27-15-6-10-22-24(27,2)13-7-14-26(22)23(29)20-11-12-21(25-17-20)16-19-8-4-3-5-9-19/h3-5,8-9,11-12,17,22H,6-7,10,13-16H2,1-2H3/t22-,24-/m0/s1. The Balaban J connectivity index is 1.52. The number of carbonyl (C=O) groups excluding carboxylic acids is 2. The Hall–Kier alpha value is -2.69. The topological polar surface area (TPSA) is 53.5 Å². The van der Waals surface area contributed by atoms with Gasteiger partial charge in [-0.15, -0.1) is 0 Å². The SMILES string of the molecule is CC(=O)N1CCC[C@@H]2N(C(=O)c3ccc(Cc4ccccc4)nc3)CCC[C@@]21C. The lowest BCUT2D eigenvalue weighted by Gasteiger charge is -2.56. The predicted molar refractivity (Wildman–Crippen MR) is 113 cm³/mol. The number of fused-ring (bicyclic) bond motifs is 1. The number of rotatable bonds is 3. The first-order chi connectivity index (χ1) is 14.0. The fourth-order valence-electron chi connectivity index (χ4n) is 5.13. The average molecular weight is 392 g/mol. The maximum Gasteiger partial charge on any atom is 0.255 e. The molecular formula is C24H29N3O2. The van der Waals surface area contributed by atoms with E-state index in [0.29, 0.717) is 5.56 Å². The van der Waals surface area contributed by atoms with Gasteiger partial charge in [0.15, 0.2) is 0 Å². The summed E-state index contributed by atoms with van der Waals surface area (Å²) in [5.74, 6) is 0.142. The van der Waals surface area contributed by atoms with Crippen molar-refractivity contribution in [2.45, 2.75) is 57.5 Å². The minimum atomic E-state index is -0.265. The smallest absolute Gasteiger partial charge is 0.255 e. The van der Waals surface area contributed by atoms with Gasteiger partial charge in [0.05, 0.1) is 17.1 Å². The molecule has 0 aliphatic carbocycles. The van der Waals surface area contributed by atoms with Crippen molar-refractivity contribution in [2.24, 2.45) is 0 Å². The number of piperidine rings is 2. The third-order valence-corrected chi connectivity index (χ3v) is 6.59. The maximum atomic E-state index is 13.3. The quantitative estimate of drug-likeness (QED) is 0.802. The molecule has 0 radical (unpaired) electrons. The molecule has 0 saturated carbocycles. The molecule has 2 aliphatic rings. The molecule has 3 heterocycles. The summed E-state index contributed by atoms with van der Waals surface area (Å²) in [6.45, 7) is 5.33. The lowest BCUT2D eigenvalue weighted by atomic mass is 9.76. The highest BCUT2D eigenvalue weighted by atomic mass is 16.2. The highest BCUT2D eigenvalue weighted by Crippen LogP contribution is 2.39. The number of amides is 2. The van der Waals surface area contributed by atoms with Crippen molar-refractivity contribution in [3.63, 3.8) is 0 Å². The van der Waals surface area contributed by atoms with Gasteiger partial charge >= 0.3 is 0 Å². The molecule has 0 bridgehead atoms. The van der Waals surface area contributed by atoms with Gasteiger partial charge in [0, 0.05) is 38.3 Å². The highest BCUT2D eigenvalue weighted by Gasteiger charge is 2.49. The second kappa shape index (κ2) is 7.97. The molecule has 29 heavy (non-hydrogen) atoms. The fourth-order valence-corrected chi connectivity index (χ4v) is 5.13. The van der Waals surface area contributed by atoms with Crippen molar-refractivity contribution in [2.75, 3.05) is 13.1 Å². The van der Waals surface area contributed by atoms with Crippen LogP contribution in [-0.2, 0) is 11.2 Å². The monoisotopic (exact) mass is 391 g/mol. The predicted octanol–water partition coefficient (Wildman–Crippen LogP) is 3.68. The van der Waals surface area contributed by atoms with Crippen molar-refractivity contribution in [3.8, 4) is 0 Å². The summed E-state index contributed by atoms with van der Waals surface area (Å²) in [6.07, 6.45) is 6.23. The van der Waals surface area contributed by atoms with E-state index in [4.69, 9.17) is 0 Å². The van der Waals surface area contributed by atoms with Gasteiger partial charge in [-0.2, -0.15) is 0 Å². The Kier molecular flexibility index (Phi) is 5.39. The van der Waals surface area contributed by atoms with E-state index in [-0.39, 0.29) is 23.4 Å². The Morgan fingerprint density at radius 2 is 1.90 bits per heavy atom. The van der Waals surface area contributed by atoms with E-state index in [0.717, 1.165) is 50.9 Å². The molecule has 1 aromatic heterocycles. The molecule has 2 fully saturated rings.